The second-order valence-corrected chi connectivity index (χ2v) is 8.61. The molecular weight excluding hydrogens is 553 g/mol. The van der Waals surface area contributed by atoms with E-state index in [1.807, 2.05) is 19.9 Å². The average Bonchev–Trinajstić information content (AvgIpc) is 2.86. The van der Waals surface area contributed by atoms with Gasteiger partial charge in [0, 0.05) is 37.0 Å². The van der Waals surface area contributed by atoms with Crippen LogP contribution in [0.15, 0.2) is 54.6 Å². The van der Waals surface area contributed by atoms with Gasteiger partial charge in [-0.05, 0) is 17.9 Å². The molecule has 1 radical (unpaired) electrons. The molecule has 0 aliphatic rings. The third-order valence-electron chi connectivity index (χ3n) is 5.45. The summed E-state index contributed by atoms with van der Waals surface area (Å²) in [6.45, 7) is 7.32. The maximum absolute atomic E-state index is 13.0. The number of ketones is 1. The molecule has 0 bridgehead atoms. The number of hydrogen-bond donors (Lipinski definition) is 5. The number of carbonyl (C=O) groups is 4. The van der Waals surface area contributed by atoms with Gasteiger partial charge in [0.15, 0.2) is 5.78 Å². The Labute approximate surface area is 223 Å². The molecule has 0 saturated heterocycles. The van der Waals surface area contributed by atoms with Crippen LogP contribution in [0.4, 0.5) is 0 Å². The molecule has 3 amide bonds. The number of aliphatic hydroxyl groups excluding tert-OH is 1. The van der Waals surface area contributed by atoms with Crippen molar-refractivity contribution in [3.05, 3.63) is 78.2 Å². The van der Waals surface area contributed by atoms with E-state index in [9.17, 15) is 24.3 Å². The van der Waals surface area contributed by atoms with E-state index in [1.54, 1.807) is 48.5 Å². The Morgan fingerprint density at radius 2 is 1.47 bits per heavy atom. The van der Waals surface area contributed by atoms with Crippen molar-refractivity contribution in [3.8, 4) is 0 Å². The molecule has 0 spiro atoms. The zero-order valence-electron chi connectivity index (χ0n) is 20.2. The fourth-order valence-corrected chi connectivity index (χ4v) is 3.65. The zero-order valence-corrected chi connectivity index (χ0v) is 21.8. The van der Waals surface area contributed by atoms with Crippen LogP contribution in [0, 0.1) is 18.8 Å². The van der Waals surface area contributed by atoms with Gasteiger partial charge in [0.05, 0.1) is 5.92 Å². The molecule has 9 nitrogen and oxygen atoms in total. The standard InChI is InChI=1S/C26H32N3O6.Rh/c1-4-27-25(33)21(28-24(32)20(14-16(2)3)23(31)26(34)29-35)15-17-10-12-19(13-11-17)22(30)18-8-6-5-7-9-18;/h5-13,16,20-21,23,31,35H,1,4,14-15H2,2-3H3,(H,27,33)(H,28,32)(H,29,34);/q-1;/t20-,21+,23+;/m1./s1. The molecule has 0 aromatic heterocycles. The predicted molar refractivity (Wildman–Crippen MR) is 129 cm³/mol. The number of carbonyl (C=O) groups excluding carboxylic acids is 4. The molecule has 5 N–H and O–H groups in total. The molecule has 3 atom stereocenters. The number of hydroxylamine groups is 1. The minimum atomic E-state index is -1.79. The number of hydrogen-bond acceptors (Lipinski definition) is 6. The minimum Gasteiger partial charge on any atom is -0.384 e. The van der Waals surface area contributed by atoms with Gasteiger partial charge in [-0.3, -0.25) is 24.4 Å². The summed E-state index contributed by atoms with van der Waals surface area (Å²) in [5.74, 6) is -3.65. The van der Waals surface area contributed by atoms with Crippen LogP contribution in [-0.4, -0.2) is 52.5 Å². The quantitative estimate of drug-likeness (QED) is 0.0838. The fourth-order valence-electron chi connectivity index (χ4n) is 3.65. The molecule has 0 unspecified atom stereocenters. The van der Waals surface area contributed by atoms with Crippen LogP contribution in [0.3, 0.4) is 0 Å². The summed E-state index contributed by atoms with van der Waals surface area (Å²) in [4.78, 5) is 50.0. The summed E-state index contributed by atoms with van der Waals surface area (Å²) in [6, 6.07) is 14.5. The van der Waals surface area contributed by atoms with Crippen LogP contribution >= 0.6 is 0 Å². The summed E-state index contributed by atoms with van der Waals surface area (Å²) < 4.78 is 0. The van der Waals surface area contributed by atoms with Gasteiger partial charge in [-0.1, -0.05) is 68.4 Å². The number of nitrogens with one attached hydrogen (secondary N) is 3. The van der Waals surface area contributed by atoms with Gasteiger partial charge < -0.3 is 22.7 Å². The molecule has 2 aromatic carbocycles. The summed E-state index contributed by atoms with van der Waals surface area (Å²) in [7, 11) is 0. The van der Waals surface area contributed by atoms with Gasteiger partial charge in [0.2, 0.25) is 11.8 Å². The van der Waals surface area contributed by atoms with Crippen molar-refractivity contribution in [3.63, 3.8) is 0 Å². The van der Waals surface area contributed by atoms with E-state index >= 15 is 0 Å². The first-order valence-electron chi connectivity index (χ1n) is 11.4. The number of amides is 3. The van der Waals surface area contributed by atoms with E-state index in [1.165, 1.54) is 5.48 Å². The van der Waals surface area contributed by atoms with Crippen molar-refractivity contribution in [1.29, 1.82) is 0 Å². The topological polar surface area (TPSA) is 145 Å². The SMILES string of the molecule is [CH2-]CNC(=O)[C@H](Cc1ccc(C(=O)c2ccccc2)cc1)NC(=O)[C@H](CC(C)C)[C@H](O)C(=O)NO.[Rh]. The van der Waals surface area contributed by atoms with E-state index in [0.717, 1.165) is 0 Å². The third-order valence-corrected chi connectivity index (χ3v) is 5.45. The summed E-state index contributed by atoms with van der Waals surface area (Å²) in [6.07, 6.45) is -1.53. The molecule has 2 rings (SSSR count). The van der Waals surface area contributed by atoms with Crippen molar-refractivity contribution in [2.45, 2.75) is 38.8 Å². The molecule has 0 heterocycles. The molecule has 0 aliphatic carbocycles. The molecular formula is C26H32N3O6Rh-. The Morgan fingerprint density at radius 1 is 0.889 bits per heavy atom. The monoisotopic (exact) mass is 585 g/mol. The van der Waals surface area contributed by atoms with Crippen molar-refractivity contribution < 1.29 is 49.0 Å². The van der Waals surface area contributed by atoms with Crippen LogP contribution in [0.5, 0.6) is 0 Å². The van der Waals surface area contributed by atoms with Gasteiger partial charge in [0.1, 0.15) is 12.1 Å². The van der Waals surface area contributed by atoms with Crippen LogP contribution in [0.25, 0.3) is 0 Å². The van der Waals surface area contributed by atoms with Crippen LogP contribution < -0.4 is 16.1 Å². The van der Waals surface area contributed by atoms with E-state index in [4.69, 9.17) is 5.21 Å². The Hall–Kier alpha value is -2.94. The predicted octanol–water partition coefficient (Wildman–Crippen LogP) is 1.42. The average molecular weight is 585 g/mol. The third kappa shape index (κ3) is 8.93. The Bertz CT molecular complexity index is 1010. The maximum atomic E-state index is 13.0. The molecule has 0 saturated carbocycles. The maximum Gasteiger partial charge on any atom is 0.272 e. The number of rotatable bonds is 12. The van der Waals surface area contributed by atoms with Crippen LogP contribution in [-0.2, 0) is 40.3 Å². The van der Waals surface area contributed by atoms with Crippen molar-refractivity contribution >= 4 is 23.5 Å². The molecule has 0 fully saturated rings. The molecule has 10 heteroatoms. The Balaban J connectivity index is 0.00000648. The van der Waals surface area contributed by atoms with Crippen molar-refractivity contribution in [2.75, 3.05) is 6.54 Å². The van der Waals surface area contributed by atoms with E-state index in [0.29, 0.717) is 16.7 Å². The number of benzene rings is 2. The number of aliphatic hydroxyl groups is 1. The first-order chi connectivity index (χ1) is 16.7. The molecule has 2 aromatic rings. The first-order valence-corrected chi connectivity index (χ1v) is 11.4. The molecule has 36 heavy (non-hydrogen) atoms. The normalized spacial score (nSPS) is 13.1. The van der Waals surface area contributed by atoms with Gasteiger partial charge in [-0.25, -0.2) is 5.48 Å². The zero-order chi connectivity index (χ0) is 26.0. The molecule has 197 valence electrons. The van der Waals surface area contributed by atoms with Gasteiger partial charge in [0.25, 0.3) is 5.91 Å². The second kappa shape index (κ2) is 15.2. The van der Waals surface area contributed by atoms with Gasteiger partial charge in [-0.2, -0.15) is 0 Å². The largest absolute Gasteiger partial charge is 0.384 e. The Kier molecular flexibility index (Phi) is 13.2. The summed E-state index contributed by atoms with van der Waals surface area (Å²) >= 11 is 0. The van der Waals surface area contributed by atoms with E-state index in [2.05, 4.69) is 17.6 Å². The van der Waals surface area contributed by atoms with Crippen molar-refractivity contribution in [1.82, 2.24) is 16.1 Å². The van der Waals surface area contributed by atoms with Gasteiger partial charge >= 0.3 is 0 Å². The van der Waals surface area contributed by atoms with Crippen LogP contribution in [0.1, 0.15) is 41.8 Å². The Morgan fingerprint density at radius 3 is 2.00 bits per heavy atom. The van der Waals surface area contributed by atoms with Crippen LogP contribution in [0.2, 0.25) is 0 Å². The van der Waals surface area contributed by atoms with Crippen molar-refractivity contribution in [2.24, 2.45) is 11.8 Å². The summed E-state index contributed by atoms with van der Waals surface area (Å²) in [5.41, 5.74) is 3.08. The fraction of sp³-hybridized carbons (Fsp3) is 0.346. The van der Waals surface area contributed by atoms with Gasteiger partial charge in [-0.15, -0.1) is 6.54 Å². The second-order valence-electron chi connectivity index (χ2n) is 8.61. The molecule has 0 aliphatic heterocycles. The van der Waals surface area contributed by atoms with E-state index < -0.39 is 35.8 Å². The first kappa shape index (κ1) is 31.1. The van der Waals surface area contributed by atoms with E-state index in [-0.39, 0.29) is 50.6 Å². The summed E-state index contributed by atoms with van der Waals surface area (Å²) in [5, 5.41) is 24.3. The smallest absolute Gasteiger partial charge is 0.272 e. The minimum absolute atomic E-state index is 0.